The molecule has 0 unspecified atom stereocenters. The van der Waals surface area contributed by atoms with Crippen LogP contribution < -0.4 is 20.7 Å². The van der Waals surface area contributed by atoms with Crippen LogP contribution in [0, 0.1) is 6.92 Å². The Morgan fingerprint density at radius 1 is 0.500 bits per heavy atom. The molecule has 18 heteroatoms. The Balaban J connectivity index is 1.03. The second-order valence-electron chi connectivity index (χ2n) is 28.8. The van der Waals surface area contributed by atoms with Gasteiger partial charge in [0.25, 0.3) is 0 Å². The quantitative estimate of drug-likeness (QED) is 0.129. The third kappa shape index (κ3) is 11.7. The summed E-state index contributed by atoms with van der Waals surface area (Å²) in [4.78, 5) is 14.6. The van der Waals surface area contributed by atoms with Crippen LogP contribution in [-0.4, -0.2) is 63.9 Å². The summed E-state index contributed by atoms with van der Waals surface area (Å²) in [6.07, 6.45) is 3.89. The van der Waals surface area contributed by atoms with Gasteiger partial charge >= 0.3 is 42.7 Å². The molecule has 0 saturated carbocycles. The molecule has 3 aromatic heterocycles. The molecule has 80 heavy (non-hydrogen) atoms. The molecule has 2 saturated heterocycles. The lowest BCUT2D eigenvalue weighted by Gasteiger charge is -2.43. The molecule has 0 spiro atoms. The van der Waals surface area contributed by atoms with Gasteiger partial charge in [0.2, 0.25) is 0 Å². The van der Waals surface area contributed by atoms with E-state index >= 15 is 0 Å². The van der Waals surface area contributed by atoms with E-state index in [0.717, 1.165) is 72.9 Å². The average molecular weight is 1070 g/mol. The number of fused-ring (bicyclic) bond motifs is 4. The van der Waals surface area contributed by atoms with Gasteiger partial charge in [0.15, 0.2) is 0 Å². The molecule has 3 aliphatic heterocycles. The minimum absolute atomic E-state index is 0.0203. The molecule has 0 aliphatic carbocycles. The maximum Gasteiger partial charge on any atom is 0.468 e. The van der Waals surface area contributed by atoms with Crippen molar-refractivity contribution in [3.05, 3.63) is 137 Å². The Hall–Kier alpha value is -5.31. The van der Waals surface area contributed by atoms with Crippen LogP contribution in [-0.2, 0) is 56.2 Å². The SMILES string of the molecule is Cc1ncc(N2CN(c3c(B4OB(C(C)(C)C)OB(C(C)(C)C)O4)cc(C(C)(C)C)cc3B3OB(C(C)(C)C)OB(C(C)(C)C)O3)c3ccccc32)cc1COCc1ccc2c3ccccc3n(-c3cc(C(C)(C)C)ccn3)c2c1. The summed E-state index contributed by atoms with van der Waals surface area (Å²) in [5, 5.41) is 0.889. The normalized spacial score (nSPS) is 16.3. The Morgan fingerprint density at radius 2 is 1.01 bits per heavy atom. The van der Waals surface area contributed by atoms with Crippen LogP contribution in [0.25, 0.3) is 27.6 Å². The highest BCUT2D eigenvalue weighted by atomic mass is 16.7. The van der Waals surface area contributed by atoms with Crippen molar-refractivity contribution < 1.29 is 32.2 Å². The van der Waals surface area contributed by atoms with Gasteiger partial charge in [0.05, 0.1) is 47.5 Å². The second kappa shape index (κ2) is 21.1. The maximum absolute atomic E-state index is 7.08. The van der Waals surface area contributed by atoms with Crippen molar-refractivity contribution in [1.29, 1.82) is 0 Å². The number of anilines is 4. The zero-order valence-corrected chi connectivity index (χ0v) is 51.1. The van der Waals surface area contributed by atoms with E-state index in [0.29, 0.717) is 19.9 Å². The fraction of sp³-hybridized carbons (Fsp3) is 0.452. The summed E-state index contributed by atoms with van der Waals surface area (Å²) in [5.74, 6) is 0.902. The van der Waals surface area contributed by atoms with Crippen LogP contribution in [0.15, 0.2) is 109 Å². The molecule has 7 aromatic rings. The first kappa shape index (κ1) is 57.9. The molecule has 2 fully saturated rings. The molecule has 10 rings (SSSR count). The number of para-hydroxylation sites is 3. The minimum atomic E-state index is -0.823. The molecule has 12 nitrogen and oxygen atoms in total. The number of aromatic nitrogens is 3. The largest absolute Gasteiger partial charge is 0.468 e. The number of rotatable bonds is 9. The summed E-state index contributed by atoms with van der Waals surface area (Å²) >= 11 is 0. The number of nitrogens with zero attached hydrogens (tertiary/aromatic N) is 5. The molecule has 4 aromatic carbocycles. The van der Waals surface area contributed by atoms with Crippen LogP contribution in [0.5, 0.6) is 0 Å². The first-order valence-electron chi connectivity index (χ1n) is 28.6. The zero-order chi connectivity index (χ0) is 57.6. The van der Waals surface area contributed by atoms with Crippen molar-refractivity contribution in [2.45, 2.75) is 177 Å². The summed E-state index contributed by atoms with van der Waals surface area (Å²) in [7, 11) is -3.94. The first-order chi connectivity index (χ1) is 37.3. The number of hydrogen-bond acceptors (Lipinski definition) is 11. The molecule has 0 radical (unpaired) electrons. The fourth-order valence-electron chi connectivity index (χ4n) is 10.7. The van der Waals surface area contributed by atoms with Crippen LogP contribution in [0.1, 0.15) is 153 Å². The predicted molar refractivity (Wildman–Crippen MR) is 335 cm³/mol. The van der Waals surface area contributed by atoms with Crippen LogP contribution in [0.4, 0.5) is 22.7 Å². The van der Waals surface area contributed by atoms with E-state index in [1.807, 2.05) is 12.4 Å². The molecule has 414 valence electrons. The zero-order valence-electron chi connectivity index (χ0n) is 51.1. The highest BCUT2D eigenvalue weighted by molar-refractivity contribution is 6.84. The van der Waals surface area contributed by atoms with Gasteiger partial charge in [-0.05, 0) is 98.2 Å². The van der Waals surface area contributed by atoms with Gasteiger partial charge in [-0.25, -0.2) is 4.98 Å². The molecule has 3 aliphatic rings. The smallest absolute Gasteiger partial charge is 0.452 e. The number of benzene rings is 4. The standard InChI is InChI=1S/C62H81B6N5O7/c1-41-43(39-74-38-42-28-29-48-47-24-20-21-25-51(47)73(54(48)32-42)55-36-44(30-31-69-55)57(2,3)4)33-46(37-70-41)71-40-72(53-27-23-22-26-52(53)71)56-49(63-75-65(59(8,9)10)79-66(76-63)60(11,12)13)34-45(58(5,6)7)35-50(56)64-77-67(61(14,15)16)80-68(78-64)62(17,18)19/h20-37H,38-40H2,1-19H3. The molecule has 0 bridgehead atoms. The minimum Gasteiger partial charge on any atom is -0.452 e. The van der Waals surface area contributed by atoms with Gasteiger partial charge in [-0.3, -0.25) is 9.55 Å². The van der Waals surface area contributed by atoms with Crippen molar-refractivity contribution >= 4 is 98.2 Å². The number of ether oxygens (including phenoxy) is 1. The second-order valence-corrected chi connectivity index (χ2v) is 28.8. The number of hydrogen-bond donors (Lipinski definition) is 0. The van der Waals surface area contributed by atoms with E-state index in [2.05, 4.69) is 243 Å². The van der Waals surface area contributed by atoms with E-state index < -0.39 is 42.7 Å². The summed E-state index contributed by atoms with van der Waals surface area (Å²) in [5.41, 5.74) is 12.8. The van der Waals surface area contributed by atoms with Gasteiger partial charge in [-0.15, -0.1) is 0 Å². The van der Waals surface area contributed by atoms with Crippen LogP contribution >= 0.6 is 0 Å². The topological polar surface area (TPSA) is 102 Å². The van der Waals surface area contributed by atoms with Gasteiger partial charge in [0, 0.05) is 44.8 Å². The van der Waals surface area contributed by atoms with Gasteiger partial charge in [0.1, 0.15) is 12.5 Å². The van der Waals surface area contributed by atoms with E-state index in [1.165, 1.54) is 16.3 Å². The Kier molecular flexibility index (Phi) is 15.3. The van der Waals surface area contributed by atoms with Gasteiger partial charge < -0.3 is 42.0 Å². The summed E-state index contributed by atoms with van der Waals surface area (Å²) in [6.45, 7) is 42.5. The highest BCUT2D eigenvalue weighted by Gasteiger charge is 2.55. The van der Waals surface area contributed by atoms with E-state index in [4.69, 9.17) is 42.1 Å². The van der Waals surface area contributed by atoms with E-state index in [1.54, 1.807) is 0 Å². The van der Waals surface area contributed by atoms with Crippen molar-refractivity contribution in [3.8, 4) is 5.82 Å². The fourth-order valence-corrected chi connectivity index (χ4v) is 10.7. The third-order valence-corrected chi connectivity index (χ3v) is 15.5. The predicted octanol–water partition coefficient (Wildman–Crippen LogP) is 14.1. The Morgan fingerprint density at radius 3 is 1.55 bits per heavy atom. The lowest BCUT2D eigenvalue weighted by atomic mass is 9.49. The molecule has 0 atom stereocenters. The average Bonchev–Trinajstić information content (AvgIpc) is 4.02. The van der Waals surface area contributed by atoms with Crippen LogP contribution in [0.3, 0.4) is 0 Å². The maximum atomic E-state index is 7.08. The van der Waals surface area contributed by atoms with Crippen molar-refractivity contribution in [1.82, 2.24) is 14.5 Å². The van der Waals surface area contributed by atoms with Gasteiger partial charge in [-0.1, -0.05) is 179 Å². The molecule has 0 amide bonds. The lowest BCUT2D eigenvalue weighted by Crippen LogP contribution is -2.62. The third-order valence-electron chi connectivity index (χ3n) is 15.5. The van der Waals surface area contributed by atoms with Crippen LogP contribution in [0.2, 0.25) is 21.3 Å². The summed E-state index contributed by atoms with van der Waals surface area (Å²) in [6, 6.07) is 34.9. The van der Waals surface area contributed by atoms with E-state index in [-0.39, 0.29) is 32.1 Å². The Bertz CT molecular complexity index is 3310. The number of aryl methyl sites for hydroxylation is 1. The molecule has 0 N–H and O–H groups in total. The molecule has 6 heterocycles. The highest BCUT2D eigenvalue weighted by Crippen LogP contribution is 2.46. The van der Waals surface area contributed by atoms with Gasteiger partial charge in [-0.2, -0.15) is 0 Å². The Labute approximate surface area is 479 Å². The monoisotopic (exact) mass is 1070 g/mol. The summed E-state index contributed by atoms with van der Waals surface area (Å²) < 4.78 is 50.6. The molecular formula is C62H81B6N5O7. The van der Waals surface area contributed by atoms with E-state index in [9.17, 15) is 0 Å². The first-order valence-corrected chi connectivity index (χ1v) is 28.6. The lowest BCUT2D eigenvalue weighted by molar-refractivity contribution is 0.106. The molecular weight excluding hydrogens is 992 g/mol. The van der Waals surface area contributed by atoms with Crippen molar-refractivity contribution in [2.75, 3.05) is 16.5 Å². The van der Waals surface area contributed by atoms with Crippen molar-refractivity contribution in [3.63, 3.8) is 0 Å². The number of pyridine rings is 2. The van der Waals surface area contributed by atoms with Crippen molar-refractivity contribution in [2.24, 2.45) is 0 Å².